The molecule has 0 saturated heterocycles. The molecule has 4 rings (SSSR count). The highest BCUT2D eigenvalue weighted by atomic mass is 79.9. The van der Waals surface area contributed by atoms with E-state index in [-0.39, 0.29) is 0 Å². The van der Waals surface area contributed by atoms with Crippen LogP contribution in [0.1, 0.15) is 12.8 Å². The Morgan fingerprint density at radius 3 is 3.00 bits per heavy atom. The van der Waals surface area contributed by atoms with Crippen molar-refractivity contribution in [1.82, 2.24) is 24.8 Å². The van der Waals surface area contributed by atoms with Crippen LogP contribution in [-0.2, 0) is 13.1 Å². The van der Waals surface area contributed by atoms with Crippen LogP contribution in [0.15, 0.2) is 35.1 Å². The van der Waals surface area contributed by atoms with Gasteiger partial charge in [0.05, 0.1) is 16.5 Å². The van der Waals surface area contributed by atoms with E-state index in [9.17, 15) is 0 Å². The van der Waals surface area contributed by atoms with Gasteiger partial charge in [-0.25, -0.2) is 4.68 Å². The molecule has 0 atom stereocenters. The fourth-order valence-electron chi connectivity index (χ4n) is 2.46. The second-order valence-electron chi connectivity index (χ2n) is 5.58. The zero-order chi connectivity index (χ0) is 14.9. The summed E-state index contributed by atoms with van der Waals surface area (Å²) >= 11 is 3.59. The van der Waals surface area contributed by atoms with E-state index >= 15 is 0 Å². The van der Waals surface area contributed by atoms with E-state index in [1.165, 1.54) is 12.8 Å². The number of hydrogen-bond donors (Lipinski definition) is 0. The lowest BCUT2D eigenvalue weighted by Gasteiger charge is -2.09. The van der Waals surface area contributed by atoms with Crippen LogP contribution in [0.25, 0.3) is 11.0 Å². The number of ether oxygens (including phenoxy) is 1. The Balaban J connectivity index is 1.50. The average molecular weight is 362 g/mol. The number of nitrogens with zero attached hydrogens (tertiary/aromatic N) is 5. The monoisotopic (exact) mass is 361 g/mol. The molecule has 0 unspecified atom stereocenters. The first-order chi connectivity index (χ1) is 10.8. The molecule has 0 amide bonds. The van der Waals surface area contributed by atoms with Crippen LogP contribution in [-0.4, -0.2) is 31.4 Å². The maximum absolute atomic E-state index is 5.84. The summed E-state index contributed by atoms with van der Waals surface area (Å²) in [6.45, 7) is 2.23. The summed E-state index contributed by atoms with van der Waals surface area (Å²) in [6.07, 6.45) is 6.29. The zero-order valence-electron chi connectivity index (χ0n) is 12.0. The maximum atomic E-state index is 5.84. The SMILES string of the molecule is Brc1c(OCCn2cccn2)ccc2c1nnn2CC1CC1. The molecule has 1 aliphatic carbocycles. The van der Waals surface area contributed by atoms with E-state index in [4.69, 9.17) is 4.74 Å². The van der Waals surface area contributed by atoms with Crippen LogP contribution in [0.5, 0.6) is 5.75 Å². The van der Waals surface area contributed by atoms with E-state index in [0.717, 1.165) is 33.7 Å². The lowest BCUT2D eigenvalue weighted by molar-refractivity contribution is 0.290. The van der Waals surface area contributed by atoms with Crippen molar-refractivity contribution in [2.45, 2.75) is 25.9 Å². The molecule has 1 saturated carbocycles. The number of aromatic nitrogens is 5. The van der Waals surface area contributed by atoms with Crippen LogP contribution in [0.3, 0.4) is 0 Å². The van der Waals surface area contributed by atoms with E-state index in [1.807, 2.05) is 33.8 Å². The fraction of sp³-hybridized carbons (Fsp3) is 0.400. The predicted molar refractivity (Wildman–Crippen MR) is 85.7 cm³/mol. The summed E-state index contributed by atoms with van der Waals surface area (Å²) in [4.78, 5) is 0. The van der Waals surface area contributed by atoms with Gasteiger partial charge in [0.2, 0.25) is 0 Å². The molecule has 0 bridgehead atoms. The van der Waals surface area contributed by atoms with Crippen LogP contribution in [0.4, 0.5) is 0 Å². The maximum Gasteiger partial charge on any atom is 0.136 e. The van der Waals surface area contributed by atoms with Crippen LogP contribution < -0.4 is 4.74 Å². The molecule has 1 aromatic carbocycles. The van der Waals surface area contributed by atoms with Crippen molar-refractivity contribution in [2.75, 3.05) is 6.61 Å². The highest BCUT2D eigenvalue weighted by Gasteiger charge is 2.23. The molecule has 7 heteroatoms. The van der Waals surface area contributed by atoms with Gasteiger partial charge in [-0.1, -0.05) is 5.21 Å². The van der Waals surface area contributed by atoms with Gasteiger partial charge in [0.15, 0.2) is 0 Å². The molecule has 2 heterocycles. The first kappa shape index (κ1) is 13.8. The molecule has 6 nitrogen and oxygen atoms in total. The van der Waals surface area contributed by atoms with Crippen molar-refractivity contribution >= 4 is 27.0 Å². The van der Waals surface area contributed by atoms with Gasteiger partial charge in [0.1, 0.15) is 17.9 Å². The number of hydrogen-bond acceptors (Lipinski definition) is 4. The minimum absolute atomic E-state index is 0.558. The van der Waals surface area contributed by atoms with Gasteiger partial charge in [-0.2, -0.15) is 5.10 Å². The minimum Gasteiger partial charge on any atom is -0.490 e. The second-order valence-corrected chi connectivity index (χ2v) is 6.37. The van der Waals surface area contributed by atoms with Crippen LogP contribution in [0.2, 0.25) is 0 Å². The first-order valence-electron chi connectivity index (χ1n) is 7.43. The molecule has 0 radical (unpaired) electrons. The molecular formula is C15H16BrN5O. The highest BCUT2D eigenvalue weighted by Crippen LogP contribution is 2.34. The van der Waals surface area contributed by atoms with Gasteiger partial charge in [0, 0.05) is 18.9 Å². The summed E-state index contributed by atoms with van der Waals surface area (Å²) in [5.41, 5.74) is 1.91. The lowest BCUT2D eigenvalue weighted by Crippen LogP contribution is -2.08. The Morgan fingerprint density at radius 2 is 2.23 bits per heavy atom. The Kier molecular flexibility index (Phi) is 3.57. The van der Waals surface area contributed by atoms with Crippen LogP contribution >= 0.6 is 15.9 Å². The molecule has 22 heavy (non-hydrogen) atoms. The van der Waals surface area contributed by atoms with Crippen molar-refractivity contribution in [1.29, 1.82) is 0 Å². The van der Waals surface area contributed by atoms with Gasteiger partial charge in [0.25, 0.3) is 0 Å². The molecule has 2 aromatic heterocycles. The standard InChI is InChI=1S/C15H16BrN5O/c16-14-13(22-9-8-20-7-1-6-17-20)5-4-12-15(14)18-19-21(12)10-11-2-3-11/h1,4-7,11H,2-3,8-10H2. The van der Waals surface area contributed by atoms with Crippen molar-refractivity contribution in [3.8, 4) is 5.75 Å². The molecule has 1 aliphatic rings. The topological polar surface area (TPSA) is 57.8 Å². The Bertz CT molecular complexity index is 779. The number of fused-ring (bicyclic) bond motifs is 1. The third-order valence-electron chi connectivity index (χ3n) is 3.86. The summed E-state index contributed by atoms with van der Waals surface area (Å²) in [6, 6.07) is 5.91. The van der Waals surface area contributed by atoms with Gasteiger partial charge in [-0.05, 0) is 52.9 Å². The fourth-order valence-corrected chi connectivity index (χ4v) is 2.99. The van der Waals surface area contributed by atoms with Gasteiger partial charge >= 0.3 is 0 Å². The lowest BCUT2D eigenvalue weighted by atomic mass is 10.3. The molecule has 0 aliphatic heterocycles. The smallest absolute Gasteiger partial charge is 0.136 e. The summed E-state index contributed by atoms with van der Waals surface area (Å²) in [7, 11) is 0. The van der Waals surface area contributed by atoms with E-state index in [2.05, 4.69) is 31.3 Å². The normalized spacial score (nSPS) is 14.6. The van der Waals surface area contributed by atoms with Crippen molar-refractivity contribution < 1.29 is 4.74 Å². The van der Waals surface area contributed by atoms with Crippen molar-refractivity contribution in [3.05, 3.63) is 35.1 Å². The third-order valence-corrected chi connectivity index (χ3v) is 4.62. The summed E-state index contributed by atoms with van der Waals surface area (Å²) in [5.74, 6) is 1.56. The molecule has 0 spiro atoms. The molecule has 0 N–H and O–H groups in total. The van der Waals surface area contributed by atoms with Crippen molar-refractivity contribution in [2.24, 2.45) is 5.92 Å². The van der Waals surface area contributed by atoms with E-state index in [0.29, 0.717) is 13.2 Å². The van der Waals surface area contributed by atoms with Gasteiger partial charge < -0.3 is 4.74 Å². The molecule has 114 valence electrons. The molecule has 1 fully saturated rings. The molecular weight excluding hydrogens is 346 g/mol. The predicted octanol–water partition coefficient (Wildman–Crippen LogP) is 2.88. The van der Waals surface area contributed by atoms with Gasteiger partial charge in [-0.3, -0.25) is 4.68 Å². The number of benzene rings is 1. The quantitative estimate of drug-likeness (QED) is 0.677. The van der Waals surface area contributed by atoms with Gasteiger partial charge in [-0.15, -0.1) is 5.10 Å². The van der Waals surface area contributed by atoms with Crippen LogP contribution in [0, 0.1) is 5.92 Å². The number of rotatable bonds is 6. The van der Waals surface area contributed by atoms with Crippen molar-refractivity contribution in [3.63, 3.8) is 0 Å². The Morgan fingerprint density at radius 1 is 1.32 bits per heavy atom. The second kappa shape index (κ2) is 5.72. The third kappa shape index (κ3) is 2.72. The van der Waals surface area contributed by atoms with E-state index < -0.39 is 0 Å². The molecule has 3 aromatic rings. The highest BCUT2D eigenvalue weighted by molar-refractivity contribution is 9.10. The minimum atomic E-state index is 0.558. The largest absolute Gasteiger partial charge is 0.490 e. The summed E-state index contributed by atoms with van der Waals surface area (Å²) in [5, 5.41) is 12.7. The Hall–Kier alpha value is -1.89. The Labute approximate surface area is 136 Å². The average Bonchev–Trinajstić information content (AvgIpc) is 3.01. The summed E-state index contributed by atoms with van der Waals surface area (Å²) < 4.78 is 10.5. The zero-order valence-corrected chi connectivity index (χ0v) is 13.6. The number of halogens is 1. The first-order valence-corrected chi connectivity index (χ1v) is 8.22. The van der Waals surface area contributed by atoms with E-state index in [1.54, 1.807) is 6.20 Å².